The molecule has 1 atom stereocenters. The van der Waals surface area contributed by atoms with Gasteiger partial charge in [0.2, 0.25) is 0 Å². The van der Waals surface area contributed by atoms with Crippen LogP contribution in [-0.4, -0.2) is 6.04 Å². The molecule has 8 rings (SSSR count). The SMILES string of the molecule is c1ccc2c(c1)CCC[C@H]2N(C1CCCCC1)p1oc2ccc3ccccc3c2c2c(ccc3ccccc32)o1. The lowest BCUT2D eigenvalue weighted by atomic mass is 9.86. The van der Waals surface area contributed by atoms with Crippen molar-refractivity contribution in [2.24, 2.45) is 0 Å². The van der Waals surface area contributed by atoms with E-state index in [2.05, 4.69) is 102 Å². The van der Waals surface area contributed by atoms with Crippen molar-refractivity contribution < 1.29 is 8.39 Å². The molecule has 3 nitrogen and oxygen atoms in total. The predicted molar refractivity (Wildman–Crippen MR) is 169 cm³/mol. The minimum atomic E-state index is -1.38. The molecule has 2 aliphatic rings. The highest BCUT2D eigenvalue weighted by atomic mass is 31.1. The quantitative estimate of drug-likeness (QED) is 0.222. The van der Waals surface area contributed by atoms with Crippen molar-refractivity contribution in [1.82, 2.24) is 0 Å². The Morgan fingerprint density at radius 3 is 1.85 bits per heavy atom. The van der Waals surface area contributed by atoms with E-state index < -0.39 is 8.16 Å². The molecule has 0 saturated heterocycles. The normalized spacial score (nSPS) is 18.1. The van der Waals surface area contributed by atoms with Crippen molar-refractivity contribution in [2.75, 3.05) is 4.67 Å². The highest BCUT2D eigenvalue weighted by molar-refractivity contribution is 7.39. The third-order valence-corrected chi connectivity index (χ3v) is 10.9. The molecule has 0 N–H and O–H groups in total. The second-order valence-corrected chi connectivity index (χ2v) is 12.8. The lowest BCUT2D eigenvalue weighted by molar-refractivity contribution is 0.380. The van der Waals surface area contributed by atoms with E-state index in [1.807, 2.05) is 0 Å². The minimum absolute atomic E-state index is 0.310. The number of aryl methyl sites for hydroxylation is 1. The van der Waals surface area contributed by atoms with Gasteiger partial charge < -0.3 is 8.39 Å². The first-order valence-corrected chi connectivity index (χ1v) is 16.0. The third-order valence-electron chi connectivity index (χ3n) is 9.18. The summed E-state index contributed by atoms with van der Waals surface area (Å²) in [5.74, 6) is 0. The molecule has 0 spiro atoms. The van der Waals surface area contributed by atoms with Gasteiger partial charge in [0.1, 0.15) is 11.2 Å². The molecule has 1 aromatic heterocycles. The highest BCUT2D eigenvalue weighted by Crippen LogP contribution is 2.49. The smallest absolute Gasteiger partial charge is 0.310 e. The Morgan fingerprint density at radius 1 is 0.575 bits per heavy atom. The first kappa shape index (κ1) is 24.3. The summed E-state index contributed by atoms with van der Waals surface area (Å²) in [5.41, 5.74) is 4.83. The summed E-state index contributed by atoms with van der Waals surface area (Å²) in [5, 5.41) is 7.18. The van der Waals surface area contributed by atoms with Crippen molar-refractivity contribution in [3.05, 3.63) is 108 Å². The fourth-order valence-corrected chi connectivity index (χ4v) is 9.13. The Balaban J connectivity index is 1.47. The number of fused-ring (bicyclic) bond motifs is 8. The van der Waals surface area contributed by atoms with Crippen LogP contribution in [0.4, 0.5) is 0 Å². The maximum absolute atomic E-state index is 7.15. The topological polar surface area (TPSA) is 29.5 Å². The van der Waals surface area contributed by atoms with Crippen molar-refractivity contribution in [3.63, 3.8) is 0 Å². The van der Waals surface area contributed by atoms with E-state index in [9.17, 15) is 0 Å². The van der Waals surface area contributed by atoms with Gasteiger partial charge >= 0.3 is 8.16 Å². The van der Waals surface area contributed by atoms with E-state index in [4.69, 9.17) is 8.39 Å². The van der Waals surface area contributed by atoms with E-state index >= 15 is 0 Å². The van der Waals surface area contributed by atoms with Gasteiger partial charge in [0.15, 0.2) is 0 Å². The highest BCUT2D eigenvalue weighted by Gasteiger charge is 2.36. The van der Waals surface area contributed by atoms with Gasteiger partial charge in [-0.05, 0) is 76.9 Å². The van der Waals surface area contributed by atoms with E-state index in [0.29, 0.717) is 12.1 Å². The molecule has 40 heavy (non-hydrogen) atoms. The van der Waals surface area contributed by atoms with Gasteiger partial charge in [0.05, 0.1) is 0 Å². The molecular formula is C36H34NO2P. The molecule has 4 heteroatoms. The van der Waals surface area contributed by atoms with Gasteiger partial charge in [-0.25, -0.2) is 0 Å². The lowest BCUT2D eigenvalue weighted by Gasteiger charge is -2.39. The van der Waals surface area contributed by atoms with Gasteiger partial charge in [0, 0.05) is 22.9 Å². The van der Waals surface area contributed by atoms with Crippen molar-refractivity contribution in [3.8, 4) is 0 Å². The van der Waals surface area contributed by atoms with Crippen LogP contribution in [0.15, 0.2) is 105 Å². The second-order valence-electron chi connectivity index (χ2n) is 11.5. The summed E-state index contributed by atoms with van der Waals surface area (Å²) in [7, 11) is -1.38. The van der Waals surface area contributed by atoms with Gasteiger partial charge in [-0.3, -0.25) is 0 Å². The van der Waals surface area contributed by atoms with E-state index in [-0.39, 0.29) is 0 Å². The van der Waals surface area contributed by atoms with Crippen LogP contribution in [0.25, 0.3) is 43.5 Å². The zero-order valence-corrected chi connectivity index (χ0v) is 23.7. The zero-order valence-electron chi connectivity index (χ0n) is 22.8. The molecule has 6 aromatic rings. The molecule has 0 radical (unpaired) electrons. The molecule has 200 valence electrons. The van der Waals surface area contributed by atoms with Gasteiger partial charge in [-0.15, -0.1) is 0 Å². The zero-order chi connectivity index (χ0) is 26.5. The molecule has 0 aliphatic heterocycles. The maximum Gasteiger partial charge on any atom is 0.310 e. The molecule has 5 aromatic carbocycles. The molecule has 2 aliphatic carbocycles. The number of hydrogen-bond donors (Lipinski definition) is 0. The Labute approximate surface area is 236 Å². The van der Waals surface area contributed by atoms with Crippen LogP contribution in [0.3, 0.4) is 0 Å². The molecular weight excluding hydrogens is 509 g/mol. The maximum atomic E-state index is 7.15. The number of nitrogens with zero attached hydrogens (tertiary/aromatic N) is 1. The summed E-state index contributed by atoms with van der Waals surface area (Å²) in [6.45, 7) is 0. The average Bonchev–Trinajstić information content (AvgIpc) is 3.19. The van der Waals surface area contributed by atoms with E-state index in [0.717, 1.165) is 34.8 Å². The van der Waals surface area contributed by atoms with Crippen molar-refractivity contribution in [2.45, 2.75) is 63.5 Å². The minimum Gasteiger partial charge on any atom is -0.408 e. The standard InChI is InChI=1S/C36H34NO2P/c1-2-15-28(16-3-1)37(32-20-10-14-25-11-4-7-17-29(25)32)40-38-33-23-21-26-12-5-8-18-30(26)35(33)36-31-19-9-6-13-27(31)22-24-34(36)39-40/h4-9,11-13,17-19,21-24,28,32H,1-3,10,14-16,20H2/t32-/m1/s1. The predicted octanol–water partition coefficient (Wildman–Crippen LogP) is 10.9. The monoisotopic (exact) mass is 543 g/mol. The van der Waals surface area contributed by atoms with Crippen LogP contribution in [0.5, 0.6) is 0 Å². The van der Waals surface area contributed by atoms with Crippen molar-refractivity contribution >= 4 is 51.6 Å². The average molecular weight is 544 g/mol. The third kappa shape index (κ3) is 4.07. The number of benzene rings is 5. The summed E-state index contributed by atoms with van der Waals surface area (Å²) >= 11 is 0. The van der Waals surface area contributed by atoms with E-state index in [1.165, 1.54) is 71.2 Å². The summed E-state index contributed by atoms with van der Waals surface area (Å²) in [6.07, 6.45) is 9.81. The molecule has 1 heterocycles. The van der Waals surface area contributed by atoms with Crippen LogP contribution < -0.4 is 4.67 Å². The molecule has 0 unspecified atom stereocenters. The first-order chi connectivity index (χ1) is 19.8. The Hall–Kier alpha value is -3.52. The van der Waals surface area contributed by atoms with Gasteiger partial charge in [-0.2, -0.15) is 4.67 Å². The Bertz CT molecular complexity index is 1800. The fourth-order valence-electron chi connectivity index (χ4n) is 7.30. The summed E-state index contributed by atoms with van der Waals surface area (Å²) in [4.78, 5) is 0. The molecule has 0 amide bonds. The molecule has 0 bridgehead atoms. The largest absolute Gasteiger partial charge is 0.408 e. The summed E-state index contributed by atoms with van der Waals surface area (Å²) < 4.78 is 17.0. The second kappa shape index (κ2) is 10.1. The van der Waals surface area contributed by atoms with E-state index in [1.54, 1.807) is 0 Å². The van der Waals surface area contributed by atoms with Crippen molar-refractivity contribution in [1.29, 1.82) is 0 Å². The number of rotatable bonds is 3. The lowest BCUT2D eigenvalue weighted by Crippen LogP contribution is -2.39. The Morgan fingerprint density at radius 2 is 1.18 bits per heavy atom. The van der Waals surface area contributed by atoms with Crippen LogP contribution in [0, 0.1) is 0 Å². The number of hydrogen-bond acceptors (Lipinski definition) is 3. The fraction of sp³-hybridized carbons (Fsp3) is 0.278. The first-order valence-electron chi connectivity index (χ1n) is 14.9. The van der Waals surface area contributed by atoms with Crippen LogP contribution in [0.2, 0.25) is 0 Å². The van der Waals surface area contributed by atoms with Gasteiger partial charge in [0.25, 0.3) is 0 Å². The van der Waals surface area contributed by atoms with Crippen LogP contribution >= 0.6 is 8.16 Å². The summed E-state index contributed by atoms with van der Waals surface area (Å²) in [6, 6.07) is 36.0. The van der Waals surface area contributed by atoms with Gasteiger partial charge in [-0.1, -0.05) is 104 Å². The van der Waals surface area contributed by atoms with Crippen LogP contribution in [0.1, 0.15) is 62.1 Å². The van der Waals surface area contributed by atoms with Crippen LogP contribution in [-0.2, 0) is 6.42 Å². The molecule has 1 fully saturated rings. The molecule has 1 saturated carbocycles. The Kier molecular flexibility index (Phi) is 6.16.